The Kier molecular flexibility index (Phi) is 6.82. The molecule has 3 rings (SSSR count). The summed E-state index contributed by atoms with van der Waals surface area (Å²) in [6.45, 7) is 4.03. The first kappa shape index (κ1) is 20.1. The van der Waals surface area contributed by atoms with Gasteiger partial charge < -0.3 is 9.47 Å². The van der Waals surface area contributed by atoms with Crippen molar-refractivity contribution in [3.63, 3.8) is 0 Å². The second kappa shape index (κ2) is 9.51. The third-order valence-electron chi connectivity index (χ3n) is 5.10. The molecule has 5 nitrogen and oxygen atoms in total. The molecule has 0 radical (unpaired) electrons. The molecule has 0 bridgehead atoms. The van der Waals surface area contributed by atoms with Gasteiger partial charge in [0.25, 0.3) is 0 Å². The molecule has 0 amide bonds. The van der Waals surface area contributed by atoms with Gasteiger partial charge in [-0.15, -0.1) is 0 Å². The Morgan fingerprint density at radius 3 is 2.18 bits per heavy atom. The molecule has 0 saturated carbocycles. The Labute approximate surface area is 166 Å². The molecular formula is C23H27NO4. The van der Waals surface area contributed by atoms with Gasteiger partial charge in [0.2, 0.25) is 0 Å². The Hall–Kier alpha value is -2.66. The van der Waals surface area contributed by atoms with Gasteiger partial charge >= 0.3 is 11.9 Å². The summed E-state index contributed by atoms with van der Waals surface area (Å²) in [7, 11) is 0. The predicted molar refractivity (Wildman–Crippen MR) is 107 cm³/mol. The van der Waals surface area contributed by atoms with Crippen LogP contribution in [-0.4, -0.2) is 30.6 Å². The van der Waals surface area contributed by atoms with Crippen LogP contribution in [0.4, 0.5) is 0 Å². The smallest absolute Gasteiger partial charge is 0.323 e. The summed E-state index contributed by atoms with van der Waals surface area (Å²) in [6.07, 6.45) is 1.58. The van der Waals surface area contributed by atoms with Crippen LogP contribution in [0.1, 0.15) is 30.5 Å². The average molecular weight is 381 g/mol. The van der Waals surface area contributed by atoms with E-state index >= 15 is 0 Å². The summed E-state index contributed by atoms with van der Waals surface area (Å²) < 4.78 is 10.7. The highest BCUT2D eigenvalue weighted by Crippen LogP contribution is 2.29. The average Bonchev–Trinajstić information content (AvgIpc) is 3.14. The van der Waals surface area contributed by atoms with E-state index in [4.69, 9.17) is 9.47 Å². The first-order valence-electron chi connectivity index (χ1n) is 9.78. The number of carbonyl (C=O) groups is 2. The van der Waals surface area contributed by atoms with Gasteiger partial charge in [0.15, 0.2) is 0 Å². The number of rotatable bonds is 8. The molecule has 1 N–H and O–H groups in total. The molecule has 2 aromatic rings. The van der Waals surface area contributed by atoms with Gasteiger partial charge in [0, 0.05) is 0 Å². The highest BCUT2D eigenvalue weighted by atomic mass is 16.5. The van der Waals surface area contributed by atoms with E-state index in [0.29, 0.717) is 6.61 Å². The zero-order valence-corrected chi connectivity index (χ0v) is 16.4. The van der Waals surface area contributed by atoms with Crippen LogP contribution in [0.3, 0.4) is 0 Å². The molecule has 0 aliphatic heterocycles. The zero-order valence-electron chi connectivity index (χ0n) is 16.4. The Bertz CT molecular complexity index is 780. The predicted octanol–water partition coefficient (Wildman–Crippen LogP) is 3.05. The fraction of sp³-hybridized carbons (Fsp3) is 0.391. The minimum atomic E-state index is -0.609. The third-order valence-corrected chi connectivity index (χ3v) is 5.10. The molecule has 1 aliphatic rings. The van der Waals surface area contributed by atoms with Crippen molar-refractivity contribution < 1.29 is 19.1 Å². The van der Waals surface area contributed by atoms with Crippen LogP contribution in [0.2, 0.25) is 0 Å². The van der Waals surface area contributed by atoms with Crippen molar-refractivity contribution in [2.24, 2.45) is 5.92 Å². The molecule has 5 heteroatoms. The van der Waals surface area contributed by atoms with E-state index in [9.17, 15) is 9.59 Å². The Morgan fingerprint density at radius 1 is 0.964 bits per heavy atom. The molecule has 0 aromatic heterocycles. The number of carbonyl (C=O) groups excluding carboxylic acids is 2. The molecule has 0 heterocycles. The van der Waals surface area contributed by atoms with Gasteiger partial charge in [-0.05, 0) is 49.3 Å². The standard InChI is InChI=1S/C23H27NO4/c1-3-27-23(26)21(20-13-18-11-7-8-12-19(18)14-20)24-16(2)22(25)28-15-17-9-5-4-6-10-17/h4-12,16,20-21,24H,3,13-15H2,1-2H3/t16-,21?/m0/s1. The van der Waals surface area contributed by atoms with E-state index in [2.05, 4.69) is 17.4 Å². The van der Waals surface area contributed by atoms with Gasteiger partial charge in [-0.2, -0.15) is 0 Å². The van der Waals surface area contributed by atoms with Crippen molar-refractivity contribution in [1.29, 1.82) is 0 Å². The third kappa shape index (κ3) is 4.98. The summed E-state index contributed by atoms with van der Waals surface area (Å²) in [6, 6.07) is 16.6. The van der Waals surface area contributed by atoms with Crippen LogP contribution in [0.15, 0.2) is 54.6 Å². The van der Waals surface area contributed by atoms with Crippen molar-refractivity contribution in [3.05, 3.63) is 71.3 Å². The lowest BCUT2D eigenvalue weighted by molar-refractivity contribution is -0.150. The normalized spacial score (nSPS) is 15.5. The van der Waals surface area contributed by atoms with Gasteiger partial charge in [0.05, 0.1) is 6.61 Å². The van der Waals surface area contributed by atoms with Crippen molar-refractivity contribution in [3.8, 4) is 0 Å². The van der Waals surface area contributed by atoms with Gasteiger partial charge in [-0.3, -0.25) is 14.9 Å². The molecule has 0 spiro atoms. The highest BCUT2D eigenvalue weighted by Gasteiger charge is 2.36. The quantitative estimate of drug-likeness (QED) is 0.712. The van der Waals surface area contributed by atoms with Crippen LogP contribution in [-0.2, 0) is 38.5 Å². The van der Waals surface area contributed by atoms with Gasteiger partial charge in [-0.1, -0.05) is 54.6 Å². The Morgan fingerprint density at radius 2 is 1.57 bits per heavy atom. The summed E-state index contributed by atoms with van der Waals surface area (Å²) in [5.41, 5.74) is 3.43. The van der Waals surface area contributed by atoms with Gasteiger partial charge in [-0.25, -0.2) is 0 Å². The summed E-state index contributed by atoms with van der Waals surface area (Å²) in [4.78, 5) is 25.0. The summed E-state index contributed by atoms with van der Waals surface area (Å²) in [5, 5.41) is 3.17. The van der Waals surface area contributed by atoms with Crippen molar-refractivity contribution in [2.75, 3.05) is 6.61 Å². The number of ether oxygens (including phenoxy) is 2. The monoisotopic (exact) mass is 381 g/mol. The maximum absolute atomic E-state index is 12.6. The number of benzene rings is 2. The maximum Gasteiger partial charge on any atom is 0.323 e. The number of nitrogens with one attached hydrogen (secondary N) is 1. The van der Waals surface area contributed by atoms with Gasteiger partial charge in [0.1, 0.15) is 18.7 Å². The molecule has 148 valence electrons. The zero-order chi connectivity index (χ0) is 19.9. The van der Waals surface area contributed by atoms with E-state index in [1.54, 1.807) is 13.8 Å². The van der Waals surface area contributed by atoms with Crippen LogP contribution < -0.4 is 5.32 Å². The second-order valence-electron chi connectivity index (χ2n) is 7.15. The van der Waals surface area contributed by atoms with Crippen molar-refractivity contribution >= 4 is 11.9 Å². The lowest BCUT2D eigenvalue weighted by Crippen LogP contribution is -2.51. The van der Waals surface area contributed by atoms with E-state index in [0.717, 1.165) is 18.4 Å². The topological polar surface area (TPSA) is 64.6 Å². The van der Waals surface area contributed by atoms with E-state index in [1.807, 2.05) is 42.5 Å². The molecule has 0 saturated heterocycles. The minimum Gasteiger partial charge on any atom is -0.465 e. The number of fused-ring (bicyclic) bond motifs is 1. The van der Waals surface area contributed by atoms with Crippen LogP contribution in [0, 0.1) is 5.92 Å². The molecule has 2 aromatic carbocycles. The first-order chi connectivity index (χ1) is 13.6. The summed E-state index contributed by atoms with van der Waals surface area (Å²) >= 11 is 0. The molecule has 2 atom stereocenters. The molecular weight excluding hydrogens is 354 g/mol. The number of hydrogen-bond acceptors (Lipinski definition) is 5. The number of hydrogen-bond donors (Lipinski definition) is 1. The SMILES string of the molecule is CCOC(=O)C(N[C@@H](C)C(=O)OCc1ccccc1)C1Cc2ccccc2C1. The largest absolute Gasteiger partial charge is 0.465 e. The van der Waals surface area contributed by atoms with Crippen LogP contribution in [0.5, 0.6) is 0 Å². The highest BCUT2D eigenvalue weighted by molar-refractivity contribution is 5.80. The molecule has 0 fully saturated rings. The molecule has 1 aliphatic carbocycles. The first-order valence-corrected chi connectivity index (χ1v) is 9.78. The van der Waals surface area contributed by atoms with E-state index < -0.39 is 12.1 Å². The number of esters is 2. The fourth-order valence-electron chi connectivity index (χ4n) is 3.65. The van der Waals surface area contributed by atoms with Crippen LogP contribution in [0.25, 0.3) is 0 Å². The molecule has 1 unspecified atom stereocenters. The Balaban J connectivity index is 1.62. The minimum absolute atomic E-state index is 0.0563. The van der Waals surface area contributed by atoms with Crippen molar-refractivity contribution in [1.82, 2.24) is 5.32 Å². The van der Waals surface area contributed by atoms with Crippen molar-refractivity contribution in [2.45, 2.75) is 45.4 Å². The van der Waals surface area contributed by atoms with Crippen LogP contribution >= 0.6 is 0 Å². The van der Waals surface area contributed by atoms with E-state index in [-0.39, 0.29) is 24.5 Å². The maximum atomic E-state index is 12.6. The fourth-order valence-corrected chi connectivity index (χ4v) is 3.65. The second-order valence-corrected chi connectivity index (χ2v) is 7.15. The lowest BCUT2D eigenvalue weighted by Gasteiger charge is -2.25. The summed E-state index contributed by atoms with van der Waals surface area (Å²) in [5.74, 6) is -0.641. The lowest BCUT2D eigenvalue weighted by atomic mass is 9.95. The van der Waals surface area contributed by atoms with E-state index in [1.165, 1.54) is 11.1 Å². The molecule has 28 heavy (non-hydrogen) atoms.